The first-order valence-electron chi connectivity index (χ1n) is 9.29. The van der Waals surface area contributed by atoms with Gasteiger partial charge in [-0.1, -0.05) is 37.6 Å². The molecular formula is C21H29F2IN4O. The van der Waals surface area contributed by atoms with Crippen molar-refractivity contribution in [3.63, 3.8) is 0 Å². The number of hydrogen-bond acceptors (Lipinski definition) is 3. The van der Waals surface area contributed by atoms with Gasteiger partial charge in [0.2, 0.25) is 0 Å². The van der Waals surface area contributed by atoms with Crippen LogP contribution in [0.15, 0.2) is 47.7 Å². The van der Waals surface area contributed by atoms with Gasteiger partial charge in [0.05, 0.1) is 0 Å². The standard InChI is InChI=1S/C21H28F2N4O.HI/c1-14(2)18(16-6-5-9-25-11-16)13-27-21(24-4)26-12-17-10-15(3)7-8-19(17)28-20(22)23;/h5-11,14,18,20H,12-13H2,1-4H3,(H2,24,26,27);1H. The molecule has 1 heterocycles. The number of hydrogen-bond donors (Lipinski definition) is 2. The summed E-state index contributed by atoms with van der Waals surface area (Å²) in [6, 6.07) is 9.13. The number of rotatable bonds is 8. The molecule has 0 aliphatic heterocycles. The third kappa shape index (κ3) is 8.12. The van der Waals surface area contributed by atoms with Crippen molar-refractivity contribution in [3.05, 3.63) is 59.4 Å². The van der Waals surface area contributed by atoms with E-state index in [2.05, 4.69) is 45.3 Å². The van der Waals surface area contributed by atoms with Gasteiger partial charge in [0.1, 0.15) is 5.75 Å². The molecule has 0 radical (unpaired) electrons. The number of pyridine rings is 1. The monoisotopic (exact) mass is 518 g/mol. The number of aromatic nitrogens is 1. The van der Waals surface area contributed by atoms with Crippen molar-refractivity contribution in [2.24, 2.45) is 10.9 Å². The van der Waals surface area contributed by atoms with Crippen LogP contribution < -0.4 is 15.4 Å². The van der Waals surface area contributed by atoms with Gasteiger partial charge >= 0.3 is 6.61 Å². The molecule has 0 fully saturated rings. The molecule has 5 nitrogen and oxygen atoms in total. The molecule has 0 saturated heterocycles. The normalized spacial score (nSPS) is 12.5. The summed E-state index contributed by atoms with van der Waals surface area (Å²) in [6.45, 7) is 4.38. The molecule has 1 aromatic carbocycles. The van der Waals surface area contributed by atoms with Crippen LogP contribution in [0.2, 0.25) is 0 Å². The molecule has 29 heavy (non-hydrogen) atoms. The lowest BCUT2D eigenvalue weighted by Crippen LogP contribution is -2.39. The number of nitrogens with zero attached hydrogens (tertiary/aromatic N) is 2. The fraction of sp³-hybridized carbons (Fsp3) is 0.429. The van der Waals surface area contributed by atoms with Crippen LogP contribution in [0.4, 0.5) is 8.78 Å². The number of alkyl halides is 2. The minimum absolute atomic E-state index is 0. The van der Waals surface area contributed by atoms with Crippen LogP contribution in [0.3, 0.4) is 0 Å². The molecule has 2 rings (SSSR count). The maximum absolute atomic E-state index is 12.6. The minimum Gasteiger partial charge on any atom is -0.434 e. The fourth-order valence-electron chi connectivity index (χ4n) is 3.00. The SMILES string of the molecule is CN=C(NCc1cc(C)ccc1OC(F)F)NCC(c1cccnc1)C(C)C.I. The van der Waals surface area contributed by atoms with Gasteiger partial charge in [-0.25, -0.2) is 0 Å². The largest absolute Gasteiger partial charge is 0.434 e. The van der Waals surface area contributed by atoms with Crippen LogP contribution >= 0.6 is 24.0 Å². The van der Waals surface area contributed by atoms with Crippen LogP contribution in [0.1, 0.15) is 36.5 Å². The fourth-order valence-corrected chi connectivity index (χ4v) is 3.00. The Hall–Kier alpha value is -1.97. The van der Waals surface area contributed by atoms with E-state index < -0.39 is 6.61 Å². The topological polar surface area (TPSA) is 58.5 Å². The lowest BCUT2D eigenvalue weighted by molar-refractivity contribution is -0.0504. The van der Waals surface area contributed by atoms with Crippen LogP contribution in [-0.2, 0) is 6.54 Å². The Morgan fingerprint density at radius 2 is 1.97 bits per heavy atom. The summed E-state index contributed by atoms with van der Waals surface area (Å²) >= 11 is 0. The summed E-state index contributed by atoms with van der Waals surface area (Å²) < 4.78 is 29.9. The first kappa shape index (κ1) is 25.1. The maximum atomic E-state index is 12.6. The van der Waals surface area contributed by atoms with E-state index in [1.165, 1.54) is 0 Å². The summed E-state index contributed by atoms with van der Waals surface area (Å²) in [5.41, 5.74) is 2.78. The number of aliphatic imine (C=N–C) groups is 1. The van der Waals surface area contributed by atoms with Crippen molar-refractivity contribution < 1.29 is 13.5 Å². The molecule has 0 amide bonds. The average Bonchev–Trinajstić information content (AvgIpc) is 2.66. The van der Waals surface area contributed by atoms with Gasteiger partial charge in [-0.2, -0.15) is 8.78 Å². The molecule has 1 atom stereocenters. The smallest absolute Gasteiger partial charge is 0.387 e. The van der Waals surface area contributed by atoms with Crippen molar-refractivity contribution in [1.29, 1.82) is 0 Å². The molecule has 0 aliphatic carbocycles. The van der Waals surface area contributed by atoms with E-state index in [1.807, 2.05) is 25.3 Å². The lowest BCUT2D eigenvalue weighted by atomic mass is 9.89. The predicted octanol–water partition coefficient (Wildman–Crippen LogP) is 4.71. The van der Waals surface area contributed by atoms with Crippen LogP contribution in [0.25, 0.3) is 0 Å². The average molecular weight is 518 g/mol. The number of benzene rings is 1. The number of aryl methyl sites for hydroxylation is 1. The second kappa shape index (κ2) is 12.6. The molecular weight excluding hydrogens is 489 g/mol. The minimum atomic E-state index is -2.86. The van der Waals surface area contributed by atoms with E-state index in [4.69, 9.17) is 0 Å². The van der Waals surface area contributed by atoms with E-state index in [0.717, 1.165) is 11.1 Å². The molecule has 2 aromatic rings. The highest BCUT2D eigenvalue weighted by Gasteiger charge is 2.17. The van der Waals surface area contributed by atoms with Crippen molar-refractivity contribution in [2.75, 3.05) is 13.6 Å². The number of ether oxygens (including phenoxy) is 1. The number of halogens is 3. The third-order valence-corrected chi connectivity index (χ3v) is 4.51. The van der Waals surface area contributed by atoms with Gasteiger partial charge in [0.15, 0.2) is 5.96 Å². The Kier molecular flexibility index (Phi) is 10.9. The van der Waals surface area contributed by atoms with Gasteiger partial charge in [-0.3, -0.25) is 9.98 Å². The van der Waals surface area contributed by atoms with Crippen molar-refractivity contribution in [2.45, 2.75) is 39.8 Å². The van der Waals surface area contributed by atoms with Crippen LogP contribution in [0, 0.1) is 12.8 Å². The Labute approximate surface area is 188 Å². The first-order valence-corrected chi connectivity index (χ1v) is 9.29. The second-order valence-corrected chi connectivity index (χ2v) is 6.93. The highest BCUT2D eigenvalue weighted by Crippen LogP contribution is 2.23. The molecule has 0 aliphatic rings. The summed E-state index contributed by atoms with van der Waals surface area (Å²) in [4.78, 5) is 8.43. The van der Waals surface area contributed by atoms with Crippen LogP contribution in [-0.4, -0.2) is 31.1 Å². The first-order chi connectivity index (χ1) is 13.4. The molecule has 1 unspecified atom stereocenters. The predicted molar refractivity (Wildman–Crippen MR) is 123 cm³/mol. The van der Waals surface area contributed by atoms with Gasteiger partial charge in [-0.15, -0.1) is 24.0 Å². The lowest BCUT2D eigenvalue weighted by Gasteiger charge is -2.23. The van der Waals surface area contributed by atoms with Gasteiger partial charge < -0.3 is 15.4 Å². The maximum Gasteiger partial charge on any atom is 0.387 e. The van der Waals surface area contributed by atoms with Crippen molar-refractivity contribution >= 4 is 29.9 Å². The molecule has 160 valence electrons. The Morgan fingerprint density at radius 3 is 2.55 bits per heavy atom. The highest BCUT2D eigenvalue weighted by molar-refractivity contribution is 14.0. The Balaban J connectivity index is 0.00000420. The summed E-state index contributed by atoms with van der Waals surface area (Å²) in [6.07, 6.45) is 3.64. The molecule has 0 spiro atoms. The Bertz CT molecular complexity index is 773. The van der Waals surface area contributed by atoms with Gasteiger partial charge in [0, 0.05) is 44.0 Å². The van der Waals surface area contributed by atoms with E-state index in [-0.39, 0.29) is 35.6 Å². The van der Waals surface area contributed by atoms with E-state index in [9.17, 15) is 8.78 Å². The third-order valence-electron chi connectivity index (χ3n) is 4.51. The number of guanidine groups is 1. The van der Waals surface area contributed by atoms with Gasteiger partial charge in [-0.05, 0) is 30.5 Å². The molecule has 8 heteroatoms. The van der Waals surface area contributed by atoms with E-state index >= 15 is 0 Å². The summed E-state index contributed by atoms with van der Waals surface area (Å²) in [7, 11) is 1.68. The highest BCUT2D eigenvalue weighted by atomic mass is 127. The molecule has 2 N–H and O–H groups in total. The van der Waals surface area contributed by atoms with Gasteiger partial charge in [0.25, 0.3) is 0 Å². The Morgan fingerprint density at radius 1 is 1.21 bits per heavy atom. The molecule has 0 saturated carbocycles. The molecule has 1 aromatic heterocycles. The zero-order valence-corrected chi connectivity index (χ0v) is 19.5. The summed E-state index contributed by atoms with van der Waals surface area (Å²) in [5.74, 6) is 1.44. The van der Waals surface area contributed by atoms with Crippen molar-refractivity contribution in [3.8, 4) is 5.75 Å². The quantitative estimate of drug-likeness (QED) is 0.302. The second-order valence-electron chi connectivity index (χ2n) is 6.93. The zero-order valence-electron chi connectivity index (χ0n) is 17.2. The van der Waals surface area contributed by atoms with E-state index in [0.29, 0.717) is 30.5 Å². The molecule has 0 bridgehead atoms. The summed E-state index contributed by atoms with van der Waals surface area (Å²) in [5, 5.41) is 6.49. The van der Waals surface area contributed by atoms with Crippen LogP contribution in [0.5, 0.6) is 5.75 Å². The van der Waals surface area contributed by atoms with Crippen molar-refractivity contribution in [1.82, 2.24) is 15.6 Å². The number of nitrogens with one attached hydrogen (secondary N) is 2. The zero-order chi connectivity index (χ0) is 20.5. The van der Waals surface area contributed by atoms with E-state index in [1.54, 1.807) is 25.4 Å².